The molecule has 0 aromatic heterocycles. The van der Waals surface area contributed by atoms with Crippen LogP contribution in [0.2, 0.25) is 0 Å². The van der Waals surface area contributed by atoms with E-state index < -0.39 is 18.0 Å². The third-order valence-corrected chi connectivity index (χ3v) is 1.01. The molecule has 0 radical (unpaired) electrons. The van der Waals surface area contributed by atoms with Crippen molar-refractivity contribution in [1.29, 1.82) is 0 Å². The number of carbonyl (C=O) groups is 2. The maximum atomic E-state index is 10.1. The highest BCUT2D eigenvalue weighted by molar-refractivity contribution is 5.95. The number of hydrogen-bond acceptors (Lipinski definition) is 4. The maximum absolute atomic E-state index is 10.1. The molecule has 4 nitrogen and oxygen atoms in total. The molecule has 1 N–H and O–H groups in total. The summed E-state index contributed by atoms with van der Waals surface area (Å²) in [5, 5.41) is 8.47. The van der Waals surface area contributed by atoms with E-state index in [9.17, 15) is 9.59 Å². The SMILES string of the molecule is C=CC=C.O=C1CC(O)C(=O)O1. The fraction of sp³-hybridized carbons (Fsp3) is 0.250. The minimum Gasteiger partial charge on any atom is -0.391 e. The second-order valence-corrected chi connectivity index (χ2v) is 1.98. The summed E-state index contributed by atoms with van der Waals surface area (Å²) in [6.45, 7) is 6.72. The van der Waals surface area contributed by atoms with E-state index in [-0.39, 0.29) is 6.42 Å². The van der Waals surface area contributed by atoms with Gasteiger partial charge in [0.1, 0.15) is 0 Å². The number of carbonyl (C=O) groups excluding carboxylic acids is 2. The summed E-state index contributed by atoms with van der Waals surface area (Å²) in [7, 11) is 0. The van der Waals surface area contributed by atoms with Crippen LogP contribution in [0.15, 0.2) is 25.3 Å². The molecule has 0 saturated carbocycles. The third-order valence-electron chi connectivity index (χ3n) is 1.01. The summed E-state index contributed by atoms with van der Waals surface area (Å²) < 4.78 is 3.95. The average molecular weight is 170 g/mol. The minimum absolute atomic E-state index is 0.196. The van der Waals surface area contributed by atoms with E-state index in [4.69, 9.17) is 5.11 Å². The first-order valence-corrected chi connectivity index (χ1v) is 3.28. The molecule has 0 aliphatic carbocycles. The lowest BCUT2D eigenvalue weighted by Gasteiger charge is -1.86. The molecule has 12 heavy (non-hydrogen) atoms. The topological polar surface area (TPSA) is 63.6 Å². The highest BCUT2D eigenvalue weighted by atomic mass is 16.6. The zero-order valence-corrected chi connectivity index (χ0v) is 6.53. The molecule has 0 aromatic carbocycles. The fourth-order valence-corrected chi connectivity index (χ4v) is 0.463. The maximum Gasteiger partial charge on any atom is 0.343 e. The van der Waals surface area contributed by atoms with Crippen LogP contribution in [-0.2, 0) is 14.3 Å². The predicted molar refractivity (Wildman–Crippen MR) is 42.1 cm³/mol. The predicted octanol–water partition coefficient (Wildman–Crippen LogP) is 0.179. The summed E-state index contributed by atoms with van der Waals surface area (Å²) in [4.78, 5) is 20.2. The number of aliphatic hydroxyl groups is 1. The van der Waals surface area contributed by atoms with Crippen molar-refractivity contribution in [1.82, 2.24) is 0 Å². The van der Waals surface area contributed by atoms with Gasteiger partial charge < -0.3 is 9.84 Å². The van der Waals surface area contributed by atoms with Crippen molar-refractivity contribution in [2.24, 2.45) is 0 Å². The number of aliphatic hydroxyl groups excluding tert-OH is 1. The molecular formula is C8H10O4. The van der Waals surface area contributed by atoms with Gasteiger partial charge in [-0.3, -0.25) is 4.79 Å². The lowest BCUT2D eigenvalue weighted by atomic mass is 10.3. The lowest BCUT2D eigenvalue weighted by Crippen LogP contribution is -2.11. The first-order valence-electron chi connectivity index (χ1n) is 3.28. The Balaban J connectivity index is 0.000000261. The Morgan fingerprint density at radius 1 is 1.42 bits per heavy atom. The van der Waals surface area contributed by atoms with Crippen molar-refractivity contribution in [2.45, 2.75) is 12.5 Å². The molecule has 1 aliphatic rings. The van der Waals surface area contributed by atoms with Crippen LogP contribution < -0.4 is 0 Å². The summed E-state index contributed by atoms with van der Waals surface area (Å²) in [5.41, 5.74) is 0. The molecule has 1 fully saturated rings. The first kappa shape index (κ1) is 10.6. The van der Waals surface area contributed by atoms with Crippen molar-refractivity contribution >= 4 is 11.9 Å². The molecule has 1 aliphatic heterocycles. The monoisotopic (exact) mass is 170 g/mol. The number of hydrogen-bond donors (Lipinski definition) is 1. The Kier molecular flexibility index (Phi) is 4.64. The molecule has 66 valence electrons. The number of ether oxygens (including phenoxy) is 1. The van der Waals surface area contributed by atoms with Crippen LogP contribution in [0.1, 0.15) is 6.42 Å². The molecule has 0 spiro atoms. The van der Waals surface area contributed by atoms with Crippen LogP contribution in [0.25, 0.3) is 0 Å². The van der Waals surface area contributed by atoms with E-state index >= 15 is 0 Å². The average Bonchev–Trinajstić information content (AvgIpc) is 2.30. The molecule has 0 bridgehead atoms. The van der Waals surface area contributed by atoms with Crippen LogP contribution >= 0.6 is 0 Å². The van der Waals surface area contributed by atoms with Gasteiger partial charge in [-0.2, -0.15) is 0 Å². The molecule has 1 atom stereocenters. The highest BCUT2D eigenvalue weighted by Gasteiger charge is 2.30. The fourth-order valence-electron chi connectivity index (χ4n) is 0.463. The van der Waals surface area contributed by atoms with Gasteiger partial charge in [0.15, 0.2) is 6.10 Å². The van der Waals surface area contributed by atoms with Crippen LogP contribution in [0.5, 0.6) is 0 Å². The lowest BCUT2D eigenvalue weighted by molar-refractivity contribution is -0.154. The van der Waals surface area contributed by atoms with Gasteiger partial charge in [-0.05, 0) is 0 Å². The molecule has 1 unspecified atom stereocenters. The number of rotatable bonds is 1. The number of allylic oxidation sites excluding steroid dienone is 2. The molecule has 1 rings (SSSR count). The summed E-state index contributed by atoms with van der Waals surface area (Å²) in [6.07, 6.45) is 1.86. The molecule has 1 saturated heterocycles. The second kappa shape index (κ2) is 5.26. The zero-order valence-electron chi connectivity index (χ0n) is 6.53. The van der Waals surface area contributed by atoms with Crippen LogP contribution in [0.4, 0.5) is 0 Å². The Morgan fingerprint density at radius 3 is 2.00 bits per heavy atom. The van der Waals surface area contributed by atoms with Gasteiger partial charge in [-0.15, -0.1) is 0 Å². The van der Waals surface area contributed by atoms with Crippen LogP contribution in [0.3, 0.4) is 0 Å². The van der Waals surface area contributed by atoms with E-state index in [1.165, 1.54) is 0 Å². The van der Waals surface area contributed by atoms with E-state index in [2.05, 4.69) is 17.9 Å². The van der Waals surface area contributed by atoms with Gasteiger partial charge in [0.05, 0.1) is 6.42 Å². The Labute approximate surface area is 70.1 Å². The third kappa shape index (κ3) is 3.68. The van der Waals surface area contributed by atoms with E-state index in [0.29, 0.717) is 0 Å². The Bertz CT molecular complexity index is 201. The number of esters is 2. The van der Waals surface area contributed by atoms with Crippen molar-refractivity contribution < 1.29 is 19.4 Å². The van der Waals surface area contributed by atoms with E-state index in [1.54, 1.807) is 12.2 Å². The van der Waals surface area contributed by atoms with Gasteiger partial charge in [0.2, 0.25) is 0 Å². The van der Waals surface area contributed by atoms with E-state index in [1.807, 2.05) is 0 Å². The normalized spacial score (nSPS) is 20.6. The van der Waals surface area contributed by atoms with Crippen LogP contribution in [-0.4, -0.2) is 23.1 Å². The quantitative estimate of drug-likeness (QED) is 0.346. The van der Waals surface area contributed by atoms with E-state index in [0.717, 1.165) is 0 Å². The highest BCUT2D eigenvalue weighted by Crippen LogP contribution is 2.05. The van der Waals surface area contributed by atoms with Crippen molar-refractivity contribution in [3.8, 4) is 0 Å². The van der Waals surface area contributed by atoms with Crippen LogP contribution in [0, 0.1) is 0 Å². The zero-order chi connectivity index (χ0) is 9.56. The molecule has 1 heterocycles. The Hall–Kier alpha value is -1.42. The molecule has 0 amide bonds. The smallest absolute Gasteiger partial charge is 0.343 e. The standard InChI is InChI=1S/C4H4O4.C4H6/c5-2-1-3(6)8-4(2)7;1-3-4-2/h2,5H,1H2;3-4H,1-2H2. The van der Waals surface area contributed by atoms with Gasteiger partial charge in [-0.1, -0.05) is 25.3 Å². The molecule has 4 heteroatoms. The number of cyclic esters (lactones) is 2. The second-order valence-electron chi connectivity index (χ2n) is 1.98. The summed E-state index contributed by atoms with van der Waals surface area (Å²) >= 11 is 0. The summed E-state index contributed by atoms with van der Waals surface area (Å²) in [5.74, 6) is -1.49. The first-order chi connectivity index (χ1) is 5.61. The van der Waals surface area contributed by atoms with Gasteiger partial charge >= 0.3 is 11.9 Å². The van der Waals surface area contributed by atoms with Gasteiger partial charge in [-0.25, -0.2) is 4.79 Å². The van der Waals surface area contributed by atoms with Gasteiger partial charge in [0, 0.05) is 0 Å². The summed E-state index contributed by atoms with van der Waals surface area (Å²) in [6, 6.07) is 0. The molecule has 0 aromatic rings. The van der Waals surface area contributed by atoms with Crippen molar-refractivity contribution in [3.63, 3.8) is 0 Å². The van der Waals surface area contributed by atoms with Crippen molar-refractivity contribution in [3.05, 3.63) is 25.3 Å². The largest absolute Gasteiger partial charge is 0.391 e. The Morgan fingerprint density at radius 2 is 1.92 bits per heavy atom. The molecular weight excluding hydrogens is 160 g/mol. The van der Waals surface area contributed by atoms with Crippen molar-refractivity contribution in [2.75, 3.05) is 0 Å². The van der Waals surface area contributed by atoms with Gasteiger partial charge in [0.25, 0.3) is 0 Å². The minimum atomic E-state index is -1.22.